The summed E-state index contributed by atoms with van der Waals surface area (Å²) in [6.45, 7) is 0. The van der Waals surface area contributed by atoms with Gasteiger partial charge in [-0.05, 0) is 30.3 Å². The molecule has 1 aromatic heterocycles. The highest BCUT2D eigenvalue weighted by Crippen LogP contribution is 2.27. The zero-order valence-corrected chi connectivity index (χ0v) is 17.0. The summed E-state index contributed by atoms with van der Waals surface area (Å²) in [6.07, 6.45) is 0.0571. The molecule has 0 saturated heterocycles. The molecule has 0 radical (unpaired) electrons. The number of halogens is 1. The second kappa shape index (κ2) is 9.44. The third-order valence-electron chi connectivity index (χ3n) is 3.87. The molecule has 150 valence electrons. The number of nitrogens with zero attached hydrogens (tertiary/aromatic N) is 3. The fraction of sp³-hybridized carbons (Fsp3) is 0.158. The molecule has 2 amide bonds. The zero-order valence-electron chi connectivity index (χ0n) is 15.4. The van der Waals surface area contributed by atoms with Crippen molar-refractivity contribution >= 4 is 46.6 Å². The minimum Gasteiger partial charge on any atom is -0.506 e. The average Bonchev–Trinajstić information content (AvgIpc) is 3.03. The Morgan fingerprint density at radius 2 is 1.86 bits per heavy atom. The molecule has 0 aliphatic carbocycles. The number of hydrogen-bond acceptors (Lipinski definition) is 6. The number of aromatic nitrogens is 3. The second-order valence-corrected chi connectivity index (χ2v) is 7.43. The molecular formula is C19H18ClN5O3S. The number of rotatable bonds is 7. The number of phenols is 1. The van der Waals surface area contributed by atoms with Gasteiger partial charge >= 0.3 is 0 Å². The average molecular weight is 432 g/mol. The summed E-state index contributed by atoms with van der Waals surface area (Å²) < 4.78 is 1.67. The van der Waals surface area contributed by atoms with Crippen LogP contribution in [0.2, 0.25) is 5.02 Å². The molecule has 0 unspecified atom stereocenters. The van der Waals surface area contributed by atoms with E-state index in [0.717, 1.165) is 0 Å². The van der Waals surface area contributed by atoms with Gasteiger partial charge in [0.25, 0.3) is 0 Å². The van der Waals surface area contributed by atoms with Gasteiger partial charge in [0, 0.05) is 17.8 Å². The number of nitrogens with one attached hydrogen (secondary N) is 2. The molecule has 0 fully saturated rings. The maximum absolute atomic E-state index is 12.2. The lowest BCUT2D eigenvalue weighted by molar-refractivity contribution is -0.116. The number of phenolic OH excluding ortho intramolecular Hbond substituents is 1. The van der Waals surface area contributed by atoms with Crippen molar-refractivity contribution in [3.05, 3.63) is 59.4 Å². The van der Waals surface area contributed by atoms with Crippen LogP contribution in [0.1, 0.15) is 5.82 Å². The van der Waals surface area contributed by atoms with Crippen molar-refractivity contribution in [2.75, 3.05) is 16.4 Å². The maximum atomic E-state index is 12.2. The first-order chi connectivity index (χ1) is 13.9. The van der Waals surface area contributed by atoms with Crippen LogP contribution < -0.4 is 10.6 Å². The summed E-state index contributed by atoms with van der Waals surface area (Å²) >= 11 is 7.03. The number of anilines is 2. The van der Waals surface area contributed by atoms with Crippen LogP contribution in [0.25, 0.3) is 0 Å². The molecule has 3 rings (SSSR count). The first kappa shape index (κ1) is 20.7. The zero-order chi connectivity index (χ0) is 20.8. The molecule has 10 heteroatoms. The van der Waals surface area contributed by atoms with Gasteiger partial charge < -0.3 is 20.3 Å². The number of carbonyl (C=O) groups is 2. The number of thioether (sulfide) groups is 1. The summed E-state index contributed by atoms with van der Waals surface area (Å²) in [5.41, 5.74) is 0.939. The molecule has 1 heterocycles. The molecule has 0 saturated carbocycles. The normalized spacial score (nSPS) is 10.6. The largest absolute Gasteiger partial charge is 0.506 e. The monoisotopic (exact) mass is 431 g/mol. The standard InChI is InChI=1S/C19H18ClN5O3S/c1-25-16(10-17(27)21-13-5-3-2-4-6-13)23-24-19(25)29-11-18(28)22-14-9-12(20)7-8-15(14)26/h2-9,26H,10-11H2,1H3,(H,21,27)(H,22,28). The molecule has 3 aromatic rings. The van der Waals surface area contributed by atoms with Crippen molar-refractivity contribution in [1.82, 2.24) is 14.8 Å². The molecule has 0 aliphatic rings. The lowest BCUT2D eigenvalue weighted by atomic mass is 10.3. The number of carbonyl (C=O) groups excluding carboxylic acids is 2. The van der Waals surface area contributed by atoms with E-state index in [1.165, 1.54) is 30.0 Å². The number of amides is 2. The Labute approximate surface area is 176 Å². The third kappa shape index (κ3) is 5.72. The van der Waals surface area contributed by atoms with Crippen LogP contribution in [0.4, 0.5) is 11.4 Å². The minimum absolute atomic E-state index is 0.0497. The summed E-state index contributed by atoms with van der Waals surface area (Å²) in [5.74, 6) is -0.0861. The number of hydrogen-bond donors (Lipinski definition) is 3. The van der Waals surface area contributed by atoms with E-state index in [-0.39, 0.29) is 35.4 Å². The van der Waals surface area contributed by atoms with Crippen LogP contribution >= 0.6 is 23.4 Å². The van der Waals surface area contributed by atoms with E-state index in [4.69, 9.17) is 11.6 Å². The molecule has 2 aromatic carbocycles. The molecular weight excluding hydrogens is 414 g/mol. The lowest BCUT2D eigenvalue weighted by Gasteiger charge is -2.08. The van der Waals surface area contributed by atoms with Crippen LogP contribution in [0.5, 0.6) is 5.75 Å². The van der Waals surface area contributed by atoms with E-state index >= 15 is 0 Å². The Morgan fingerprint density at radius 1 is 1.10 bits per heavy atom. The minimum atomic E-state index is -0.334. The fourth-order valence-electron chi connectivity index (χ4n) is 2.42. The molecule has 29 heavy (non-hydrogen) atoms. The van der Waals surface area contributed by atoms with Gasteiger partial charge in [-0.1, -0.05) is 41.6 Å². The first-order valence-electron chi connectivity index (χ1n) is 8.56. The first-order valence-corrected chi connectivity index (χ1v) is 9.93. The van der Waals surface area contributed by atoms with Crippen molar-refractivity contribution in [2.24, 2.45) is 7.05 Å². The van der Waals surface area contributed by atoms with Crippen LogP contribution in [0, 0.1) is 0 Å². The van der Waals surface area contributed by atoms with E-state index in [1.807, 2.05) is 18.2 Å². The Balaban J connectivity index is 1.54. The highest BCUT2D eigenvalue weighted by Gasteiger charge is 2.15. The number of aromatic hydroxyl groups is 1. The van der Waals surface area contributed by atoms with Gasteiger partial charge in [0.2, 0.25) is 11.8 Å². The molecule has 0 aliphatic heterocycles. The van der Waals surface area contributed by atoms with Crippen LogP contribution in [-0.4, -0.2) is 37.4 Å². The van der Waals surface area contributed by atoms with Gasteiger partial charge in [-0.2, -0.15) is 0 Å². The second-order valence-electron chi connectivity index (χ2n) is 6.05. The topological polar surface area (TPSA) is 109 Å². The highest BCUT2D eigenvalue weighted by atomic mass is 35.5. The van der Waals surface area contributed by atoms with Crippen LogP contribution in [0.15, 0.2) is 53.7 Å². The van der Waals surface area contributed by atoms with Crippen LogP contribution in [0.3, 0.4) is 0 Å². The Kier molecular flexibility index (Phi) is 6.73. The lowest BCUT2D eigenvalue weighted by Crippen LogP contribution is -2.17. The van der Waals surface area contributed by atoms with E-state index in [0.29, 0.717) is 21.7 Å². The van der Waals surface area contributed by atoms with Crippen LogP contribution in [-0.2, 0) is 23.1 Å². The van der Waals surface area contributed by atoms with Gasteiger partial charge in [-0.15, -0.1) is 10.2 Å². The smallest absolute Gasteiger partial charge is 0.234 e. The quantitative estimate of drug-likeness (QED) is 0.392. The van der Waals surface area contributed by atoms with Crippen molar-refractivity contribution in [3.63, 3.8) is 0 Å². The van der Waals surface area contributed by atoms with Crippen molar-refractivity contribution in [1.29, 1.82) is 0 Å². The van der Waals surface area contributed by atoms with E-state index in [1.54, 1.807) is 23.7 Å². The molecule has 0 spiro atoms. The highest BCUT2D eigenvalue weighted by molar-refractivity contribution is 7.99. The van der Waals surface area contributed by atoms with Crippen molar-refractivity contribution < 1.29 is 14.7 Å². The third-order valence-corrected chi connectivity index (χ3v) is 5.12. The summed E-state index contributed by atoms with van der Waals surface area (Å²) in [6, 6.07) is 13.5. The van der Waals surface area contributed by atoms with Gasteiger partial charge in [0.15, 0.2) is 5.16 Å². The number of benzene rings is 2. The van der Waals surface area contributed by atoms with E-state index in [9.17, 15) is 14.7 Å². The predicted octanol–water partition coefficient (Wildman–Crippen LogP) is 3.09. The molecule has 0 atom stereocenters. The van der Waals surface area contributed by atoms with Gasteiger partial charge in [0.1, 0.15) is 11.6 Å². The maximum Gasteiger partial charge on any atom is 0.234 e. The SMILES string of the molecule is Cn1c(CC(=O)Nc2ccccc2)nnc1SCC(=O)Nc1cc(Cl)ccc1O. The molecule has 0 bridgehead atoms. The predicted molar refractivity (Wildman–Crippen MR) is 112 cm³/mol. The Morgan fingerprint density at radius 3 is 2.62 bits per heavy atom. The van der Waals surface area contributed by atoms with Gasteiger partial charge in [0.05, 0.1) is 17.9 Å². The van der Waals surface area contributed by atoms with E-state index in [2.05, 4.69) is 20.8 Å². The van der Waals surface area contributed by atoms with Crippen molar-refractivity contribution in [3.8, 4) is 5.75 Å². The Bertz CT molecular complexity index is 1030. The van der Waals surface area contributed by atoms with Crippen molar-refractivity contribution in [2.45, 2.75) is 11.6 Å². The summed E-state index contributed by atoms with van der Waals surface area (Å²) in [4.78, 5) is 24.3. The molecule has 3 N–H and O–H groups in total. The summed E-state index contributed by atoms with van der Waals surface area (Å²) in [5, 5.41) is 24.1. The molecule has 8 nitrogen and oxygen atoms in total. The summed E-state index contributed by atoms with van der Waals surface area (Å²) in [7, 11) is 1.73. The van der Waals surface area contributed by atoms with Gasteiger partial charge in [-0.3, -0.25) is 9.59 Å². The number of para-hydroxylation sites is 1. The van der Waals surface area contributed by atoms with E-state index < -0.39 is 0 Å². The Hall–Kier alpha value is -3.04. The van der Waals surface area contributed by atoms with Gasteiger partial charge in [-0.25, -0.2) is 0 Å². The fourth-order valence-corrected chi connectivity index (χ4v) is 3.32.